The Morgan fingerprint density at radius 3 is 2.57 bits per heavy atom. The highest BCUT2D eigenvalue weighted by molar-refractivity contribution is 7.80. The number of rotatable bonds is 5. The van der Waals surface area contributed by atoms with Gasteiger partial charge in [0.25, 0.3) is 5.91 Å². The number of carboxylic acids is 1. The number of hydrogen-bond acceptors (Lipinski definition) is 5. The number of aromatic nitrogens is 1. The van der Waals surface area contributed by atoms with Gasteiger partial charge >= 0.3 is 5.97 Å². The fraction of sp³-hybridized carbons (Fsp3) is 0.429. The largest absolute Gasteiger partial charge is 0.480 e. The van der Waals surface area contributed by atoms with Crippen molar-refractivity contribution in [3.63, 3.8) is 0 Å². The first-order valence-electron chi connectivity index (χ1n) is 6.39. The van der Waals surface area contributed by atoms with Gasteiger partial charge in [-0.3, -0.25) is 14.8 Å². The van der Waals surface area contributed by atoms with Gasteiger partial charge in [-0.2, -0.15) is 12.6 Å². The van der Waals surface area contributed by atoms with Crippen LogP contribution >= 0.6 is 12.6 Å². The second kappa shape index (κ2) is 7.21. The van der Waals surface area contributed by atoms with Gasteiger partial charge < -0.3 is 10.4 Å². The van der Waals surface area contributed by atoms with Gasteiger partial charge in [-0.25, -0.2) is 4.79 Å². The number of nitrogens with zero attached hydrogens (tertiary/aromatic N) is 2. The molecule has 0 saturated heterocycles. The van der Waals surface area contributed by atoms with Gasteiger partial charge in [0.05, 0.1) is 5.54 Å². The van der Waals surface area contributed by atoms with Crippen LogP contribution in [0.1, 0.15) is 36.8 Å². The minimum atomic E-state index is -1.13. The lowest BCUT2D eigenvalue weighted by molar-refractivity contribution is -0.138. The van der Waals surface area contributed by atoms with E-state index >= 15 is 0 Å². The molecule has 1 aromatic rings. The van der Waals surface area contributed by atoms with Crippen LogP contribution in [-0.2, 0) is 4.79 Å². The van der Waals surface area contributed by atoms with E-state index in [1.807, 2.05) is 20.8 Å². The van der Waals surface area contributed by atoms with Crippen molar-refractivity contribution in [2.45, 2.75) is 32.4 Å². The smallest absolute Gasteiger partial charge is 0.327 e. The van der Waals surface area contributed by atoms with E-state index in [0.29, 0.717) is 0 Å². The van der Waals surface area contributed by atoms with E-state index < -0.39 is 17.9 Å². The quantitative estimate of drug-likeness (QED) is 0.566. The zero-order valence-electron chi connectivity index (χ0n) is 12.2. The van der Waals surface area contributed by atoms with Crippen LogP contribution in [0.2, 0.25) is 0 Å². The molecule has 0 aliphatic carbocycles. The Balaban J connectivity index is 2.76. The van der Waals surface area contributed by atoms with Gasteiger partial charge in [-0.05, 0) is 32.9 Å². The number of hydrogen-bond donors (Lipinski definition) is 3. The Labute approximate surface area is 129 Å². The summed E-state index contributed by atoms with van der Waals surface area (Å²) in [5.74, 6) is -1.67. The van der Waals surface area contributed by atoms with Crippen molar-refractivity contribution in [3.8, 4) is 0 Å². The minimum Gasteiger partial charge on any atom is -0.480 e. The molecule has 114 valence electrons. The molecule has 1 rings (SSSR count). The third kappa shape index (κ3) is 5.95. The Kier molecular flexibility index (Phi) is 5.90. The molecule has 0 aliphatic heterocycles. The summed E-state index contributed by atoms with van der Waals surface area (Å²) in [5.41, 5.74) is 0.735. The van der Waals surface area contributed by atoms with Crippen molar-refractivity contribution in [3.05, 3.63) is 29.6 Å². The number of carbonyl (C=O) groups is 2. The molecule has 1 heterocycles. The summed E-state index contributed by atoms with van der Waals surface area (Å²) in [7, 11) is 0. The van der Waals surface area contributed by atoms with Crippen molar-refractivity contribution >= 4 is 30.7 Å². The maximum Gasteiger partial charge on any atom is 0.327 e. The van der Waals surface area contributed by atoms with Gasteiger partial charge in [-0.15, -0.1) is 0 Å². The predicted octanol–water partition coefficient (Wildman–Crippen LogP) is 1.41. The van der Waals surface area contributed by atoms with E-state index in [-0.39, 0.29) is 17.0 Å². The average Bonchev–Trinajstić information content (AvgIpc) is 2.41. The summed E-state index contributed by atoms with van der Waals surface area (Å²) in [5, 5.41) is 11.2. The SMILES string of the molecule is CC(C)(C)N=Cc1ccc(C(=O)NC(CS)C(=O)O)nc1. The zero-order valence-corrected chi connectivity index (χ0v) is 13.1. The molecule has 2 N–H and O–H groups in total. The Hall–Kier alpha value is -1.89. The van der Waals surface area contributed by atoms with Crippen LogP contribution < -0.4 is 5.32 Å². The fourth-order valence-electron chi connectivity index (χ4n) is 1.30. The maximum absolute atomic E-state index is 11.8. The number of carboxylic acid groups (broad SMARTS) is 1. The summed E-state index contributed by atoms with van der Waals surface area (Å²) < 4.78 is 0. The summed E-state index contributed by atoms with van der Waals surface area (Å²) in [6.07, 6.45) is 3.20. The third-order valence-electron chi connectivity index (χ3n) is 2.41. The molecule has 7 heteroatoms. The second-order valence-electron chi connectivity index (χ2n) is 5.45. The van der Waals surface area contributed by atoms with Gasteiger partial charge in [0.15, 0.2) is 0 Å². The van der Waals surface area contributed by atoms with Crippen LogP contribution in [0, 0.1) is 0 Å². The first-order valence-corrected chi connectivity index (χ1v) is 7.02. The molecule has 1 atom stereocenters. The highest BCUT2D eigenvalue weighted by Gasteiger charge is 2.19. The van der Waals surface area contributed by atoms with E-state index in [0.717, 1.165) is 5.56 Å². The lowest BCUT2D eigenvalue weighted by atomic mass is 10.1. The van der Waals surface area contributed by atoms with E-state index in [1.165, 1.54) is 12.3 Å². The highest BCUT2D eigenvalue weighted by atomic mass is 32.1. The Bertz CT molecular complexity index is 535. The highest BCUT2D eigenvalue weighted by Crippen LogP contribution is 2.07. The molecular formula is C14H19N3O3S. The second-order valence-corrected chi connectivity index (χ2v) is 5.82. The lowest BCUT2D eigenvalue weighted by Gasteiger charge is -2.12. The number of pyridine rings is 1. The number of amides is 1. The Morgan fingerprint density at radius 1 is 1.48 bits per heavy atom. The number of thiol groups is 1. The average molecular weight is 309 g/mol. The lowest BCUT2D eigenvalue weighted by Crippen LogP contribution is -2.42. The summed E-state index contributed by atoms with van der Waals surface area (Å²) >= 11 is 3.88. The standard InChI is InChI=1S/C14H19N3O3S/c1-14(2,3)16-7-9-4-5-10(15-6-9)12(18)17-11(8-21)13(19)20/h4-7,11,21H,8H2,1-3H3,(H,17,18)(H,19,20). The maximum atomic E-state index is 11.8. The molecule has 0 bridgehead atoms. The molecule has 6 nitrogen and oxygen atoms in total. The number of nitrogens with one attached hydrogen (secondary N) is 1. The molecule has 0 radical (unpaired) electrons. The number of carbonyl (C=O) groups excluding carboxylic acids is 1. The summed E-state index contributed by atoms with van der Waals surface area (Å²) in [4.78, 5) is 31.0. The van der Waals surface area contributed by atoms with E-state index in [1.54, 1.807) is 12.3 Å². The first kappa shape index (κ1) is 17.2. The van der Waals surface area contributed by atoms with Crippen molar-refractivity contribution in [1.82, 2.24) is 10.3 Å². The van der Waals surface area contributed by atoms with Gasteiger partial charge in [-0.1, -0.05) is 0 Å². The number of aliphatic imine (C=N–C) groups is 1. The topological polar surface area (TPSA) is 91.7 Å². The number of aliphatic carboxylic acids is 1. The molecule has 21 heavy (non-hydrogen) atoms. The van der Waals surface area contributed by atoms with Gasteiger partial charge in [0, 0.05) is 23.7 Å². The van der Waals surface area contributed by atoms with Crippen LogP contribution in [0.4, 0.5) is 0 Å². The monoisotopic (exact) mass is 309 g/mol. The van der Waals surface area contributed by atoms with E-state index in [2.05, 4.69) is 27.9 Å². The molecule has 0 aliphatic rings. The van der Waals surface area contributed by atoms with Gasteiger partial charge in [0.2, 0.25) is 0 Å². The van der Waals surface area contributed by atoms with Crippen LogP contribution in [0.25, 0.3) is 0 Å². The first-order chi connectivity index (χ1) is 9.73. The van der Waals surface area contributed by atoms with Crippen LogP contribution in [0.15, 0.2) is 23.3 Å². The molecule has 1 aromatic heterocycles. The van der Waals surface area contributed by atoms with Crippen molar-refractivity contribution in [2.75, 3.05) is 5.75 Å². The summed E-state index contributed by atoms with van der Waals surface area (Å²) in [6, 6.07) is 2.19. The molecule has 0 fully saturated rings. The normalized spacial score (nSPS) is 13.1. The van der Waals surface area contributed by atoms with Crippen molar-refractivity contribution < 1.29 is 14.7 Å². The van der Waals surface area contributed by atoms with Gasteiger partial charge in [0.1, 0.15) is 11.7 Å². The van der Waals surface area contributed by atoms with Crippen molar-refractivity contribution in [1.29, 1.82) is 0 Å². The van der Waals surface area contributed by atoms with Crippen molar-refractivity contribution in [2.24, 2.45) is 4.99 Å². The molecule has 0 spiro atoms. The molecule has 1 amide bonds. The summed E-state index contributed by atoms with van der Waals surface area (Å²) in [6.45, 7) is 5.92. The minimum absolute atomic E-state index is 0.0113. The molecule has 1 unspecified atom stereocenters. The fourth-order valence-corrected chi connectivity index (χ4v) is 1.55. The predicted molar refractivity (Wildman–Crippen MR) is 84.3 cm³/mol. The van der Waals surface area contributed by atoms with Crippen LogP contribution in [-0.4, -0.2) is 45.5 Å². The van der Waals surface area contributed by atoms with Crippen LogP contribution in [0.5, 0.6) is 0 Å². The third-order valence-corrected chi connectivity index (χ3v) is 2.77. The zero-order chi connectivity index (χ0) is 16.0. The molecule has 0 saturated carbocycles. The van der Waals surface area contributed by atoms with E-state index in [9.17, 15) is 9.59 Å². The van der Waals surface area contributed by atoms with E-state index in [4.69, 9.17) is 5.11 Å². The molecular weight excluding hydrogens is 290 g/mol. The Morgan fingerprint density at radius 2 is 2.14 bits per heavy atom. The van der Waals surface area contributed by atoms with Crippen LogP contribution in [0.3, 0.4) is 0 Å². The molecule has 0 aromatic carbocycles.